The molecule has 0 aliphatic carbocycles. The van der Waals surface area contributed by atoms with Crippen LogP contribution >= 0.6 is 0 Å². The molecule has 0 aliphatic rings. The number of allylic oxidation sites excluding steroid dienone is 1. The van der Waals surface area contributed by atoms with Gasteiger partial charge in [0.15, 0.2) is 0 Å². The summed E-state index contributed by atoms with van der Waals surface area (Å²) >= 11 is 0. The number of amidine groups is 1. The second-order valence-electron chi connectivity index (χ2n) is 3.13. The van der Waals surface area contributed by atoms with E-state index in [4.69, 9.17) is 0 Å². The number of nitrogens with one attached hydrogen (secondary N) is 1. The molecule has 2 heteroatoms. The van der Waals surface area contributed by atoms with Crippen LogP contribution in [0.3, 0.4) is 0 Å². The standard InChI is InChI=1S/C10H20N2/c1-6-7-8(2)9(3)12-10(4)11-5/h8H,3,6-7H2,1-2,4-5H3,(H,11,12). The maximum Gasteiger partial charge on any atom is 0.0984 e. The molecular formula is C10H20N2. The lowest BCUT2D eigenvalue weighted by molar-refractivity contribution is 0.598. The molecule has 0 saturated heterocycles. The van der Waals surface area contributed by atoms with Gasteiger partial charge < -0.3 is 5.32 Å². The van der Waals surface area contributed by atoms with E-state index in [1.807, 2.05) is 14.0 Å². The Morgan fingerprint density at radius 3 is 2.58 bits per heavy atom. The first-order valence-corrected chi connectivity index (χ1v) is 4.53. The molecule has 0 rings (SSSR count). The summed E-state index contributed by atoms with van der Waals surface area (Å²) in [5.74, 6) is 1.43. The topological polar surface area (TPSA) is 24.4 Å². The van der Waals surface area contributed by atoms with Gasteiger partial charge in [0.1, 0.15) is 0 Å². The summed E-state index contributed by atoms with van der Waals surface area (Å²) in [5, 5.41) is 2.98. The predicted octanol–water partition coefficient (Wildman–Crippen LogP) is 2.57. The number of nitrogens with zero attached hydrogens (tertiary/aromatic N) is 1. The summed E-state index contributed by atoms with van der Waals surface area (Å²) < 4.78 is 0. The van der Waals surface area contributed by atoms with Crippen molar-refractivity contribution in [1.29, 1.82) is 0 Å². The number of rotatable bonds is 4. The highest BCUT2D eigenvalue weighted by atomic mass is 15.0. The third-order valence-corrected chi connectivity index (χ3v) is 1.96. The van der Waals surface area contributed by atoms with Gasteiger partial charge in [-0.1, -0.05) is 26.8 Å². The van der Waals surface area contributed by atoms with Gasteiger partial charge >= 0.3 is 0 Å². The Hall–Kier alpha value is -0.790. The van der Waals surface area contributed by atoms with Gasteiger partial charge in [0.2, 0.25) is 0 Å². The van der Waals surface area contributed by atoms with Gasteiger partial charge in [-0.25, -0.2) is 4.99 Å². The summed E-state index contributed by atoms with van der Waals surface area (Å²) in [6, 6.07) is 0. The Kier molecular flexibility index (Phi) is 5.43. The summed E-state index contributed by atoms with van der Waals surface area (Å²) in [7, 11) is 1.87. The molecule has 1 atom stereocenters. The molecule has 0 amide bonds. The molecule has 0 fully saturated rings. The molecule has 12 heavy (non-hydrogen) atoms. The van der Waals surface area contributed by atoms with Crippen molar-refractivity contribution in [2.24, 2.45) is 10.9 Å². The van der Waals surface area contributed by atoms with E-state index in [2.05, 4.69) is 30.7 Å². The Morgan fingerprint density at radius 2 is 2.17 bits per heavy atom. The van der Waals surface area contributed by atoms with Crippen molar-refractivity contribution >= 4 is 5.84 Å². The third kappa shape index (κ3) is 4.16. The van der Waals surface area contributed by atoms with Gasteiger partial charge in [-0.15, -0.1) is 0 Å². The fourth-order valence-corrected chi connectivity index (χ4v) is 0.981. The molecule has 70 valence electrons. The van der Waals surface area contributed by atoms with Gasteiger partial charge in [0.25, 0.3) is 0 Å². The predicted molar refractivity (Wildman–Crippen MR) is 55.4 cm³/mol. The van der Waals surface area contributed by atoms with E-state index in [1.54, 1.807) is 0 Å². The maximum atomic E-state index is 4.33. The highest BCUT2D eigenvalue weighted by Gasteiger charge is 2.03. The maximum absolute atomic E-state index is 4.33. The molecular weight excluding hydrogens is 148 g/mol. The van der Waals surface area contributed by atoms with Gasteiger partial charge in [-0.05, 0) is 19.3 Å². The number of aliphatic imine (C=N–C) groups is 1. The first kappa shape index (κ1) is 11.2. The molecule has 1 N–H and O–H groups in total. The zero-order valence-electron chi connectivity index (χ0n) is 8.65. The van der Waals surface area contributed by atoms with Crippen molar-refractivity contribution in [3.05, 3.63) is 12.3 Å². The van der Waals surface area contributed by atoms with Crippen LogP contribution in [0.15, 0.2) is 17.3 Å². The largest absolute Gasteiger partial charge is 0.377 e. The Bertz CT molecular complexity index is 171. The molecule has 0 radical (unpaired) electrons. The third-order valence-electron chi connectivity index (χ3n) is 1.96. The second kappa shape index (κ2) is 5.81. The van der Waals surface area contributed by atoms with E-state index < -0.39 is 0 Å². The lowest BCUT2D eigenvalue weighted by Gasteiger charge is -2.10. The molecule has 0 aromatic carbocycles. The quantitative estimate of drug-likeness (QED) is 0.506. The Labute approximate surface area is 75.8 Å². The lowest BCUT2D eigenvalue weighted by Crippen LogP contribution is -2.14. The van der Waals surface area contributed by atoms with Crippen LogP contribution in [0.1, 0.15) is 33.6 Å². The van der Waals surface area contributed by atoms with Crippen molar-refractivity contribution in [3.8, 4) is 0 Å². The van der Waals surface area contributed by atoms with Crippen LogP contribution in [0, 0.1) is 5.92 Å². The van der Waals surface area contributed by atoms with Crippen LogP contribution < -0.4 is 5.32 Å². The highest BCUT2D eigenvalue weighted by molar-refractivity contribution is 5.80. The van der Waals surface area contributed by atoms with Crippen molar-refractivity contribution in [2.75, 3.05) is 7.05 Å². The van der Waals surface area contributed by atoms with E-state index in [-0.39, 0.29) is 0 Å². The monoisotopic (exact) mass is 168 g/mol. The zero-order valence-corrected chi connectivity index (χ0v) is 8.65. The number of hydrogen-bond acceptors (Lipinski definition) is 1. The summed E-state index contributed by atoms with van der Waals surface area (Å²) in [5.41, 5.74) is 0.976. The molecule has 0 aliphatic heterocycles. The fraction of sp³-hybridized carbons (Fsp3) is 0.700. The smallest absolute Gasteiger partial charge is 0.0984 e. The normalized spacial score (nSPS) is 14.2. The van der Waals surface area contributed by atoms with Crippen LogP contribution in [0.25, 0.3) is 0 Å². The van der Waals surface area contributed by atoms with Crippen molar-refractivity contribution < 1.29 is 0 Å². The average Bonchev–Trinajstić information content (AvgIpc) is 2.04. The van der Waals surface area contributed by atoms with E-state index in [0.717, 1.165) is 11.5 Å². The van der Waals surface area contributed by atoms with Crippen LogP contribution in [0.2, 0.25) is 0 Å². The van der Waals surface area contributed by atoms with E-state index in [0.29, 0.717) is 5.92 Å². The van der Waals surface area contributed by atoms with E-state index >= 15 is 0 Å². The lowest BCUT2D eigenvalue weighted by atomic mass is 10.0. The van der Waals surface area contributed by atoms with Crippen LogP contribution in [0.5, 0.6) is 0 Å². The minimum atomic E-state index is 0.498. The van der Waals surface area contributed by atoms with Crippen LogP contribution in [-0.4, -0.2) is 12.9 Å². The zero-order chi connectivity index (χ0) is 9.56. The minimum absolute atomic E-state index is 0.498. The highest BCUT2D eigenvalue weighted by Crippen LogP contribution is 2.15. The van der Waals surface area contributed by atoms with Gasteiger partial charge in [0, 0.05) is 12.7 Å². The van der Waals surface area contributed by atoms with Gasteiger partial charge in [0.05, 0.1) is 5.84 Å². The molecule has 0 bridgehead atoms. The second-order valence-corrected chi connectivity index (χ2v) is 3.13. The SMILES string of the molecule is C=C(/N=C(/C)NC)C(C)CCC. The molecule has 0 saturated carbocycles. The van der Waals surface area contributed by atoms with E-state index in [9.17, 15) is 0 Å². The fourth-order valence-electron chi connectivity index (χ4n) is 0.981. The molecule has 0 spiro atoms. The molecule has 0 aromatic rings. The van der Waals surface area contributed by atoms with Crippen LogP contribution in [-0.2, 0) is 0 Å². The number of hydrogen-bond donors (Lipinski definition) is 1. The summed E-state index contributed by atoms with van der Waals surface area (Å²) in [6.07, 6.45) is 2.35. The first-order chi connectivity index (χ1) is 5.61. The van der Waals surface area contributed by atoms with Crippen molar-refractivity contribution in [3.63, 3.8) is 0 Å². The molecule has 0 heterocycles. The minimum Gasteiger partial charge on any atom is -0.377 e. The summed E-state index contributed by atoms with van der Waals surface area (Å²) in [4.78, 5) is 4.33. The van der Waals surface area contributed by atoms with Crippen molar-refractivity contribution in [2.45, 2.75) is 33.6 Å². The van der Waals surface area contributed by atoms with Gasteiger partial charge in [-0.3, -0.25) is 0 Å². The molecule has 1 unspecified atom stereocenters. The Balaban J connectivity index is 4.02. The van der Waals surface area contributed by atoms with Crippen molar-refractivity contribution in [1.82, 2.24) is 5.32 Å². The average molecular weight is 168 g/mol. The van der Waals surface area contributed by atoms with Crippen LogP contribution in [0.4, 0.5) is 0 Å². The molecule has 0 aromatic heterocycles. The molecule has 2 nitrogen and oxygen atoms in total. The van der Waals surface area contributed by atoms with Gasteiger partial charge in [-0.2, -0.15) is 0 Å². The van der Waals surface area contributed by atoms with E-state index in [1.165, 1.54) is 12.8 Å². The first-order valence-electron chi connectivity index (χ1n) is 4.53. The summed E-state index contributed by atoms with van der Waals surface area (Å²) in [6.45, 7) is 10.2. The Morgan fingerprint density at radius 1 is 1.58 bits per heavy atom.